The third kappa shape index (κ3) is 2.94. The maximum Gasteiger partial charge on any atom is 0.573 e. The molecule has 27 heavy (non-hydrogen) atoms. The number of rotatable bonds is 3. The molecular formula is C14H7F3N4O4S2. The van der Waals surface area contributed by atoms with E-state index in [1.54, 1.807) is 11.4 Å². The van der Waals surface area contributed by atoms with E-state index in [0.717, 1.165) is 35.6 Å². The number of halogens is 3. The topological polar surface area (TPSA) is 106 Å². The highest BCUT2D eigenvalue weighted by Gasteiger charge is 2.32. The summed E-state index contributed by atoms with van der Waals surface area (Å²) in [5, 5.41) is 7.21. The first-order valence-corrected chi connectivity index (χ1v) is 9.48. The molecule has 0 atom stereocenters. The number of aromatic nitrogens is 4. The van der Waals surface area contributed by atoms with Gasteiger partial charge in [-0.2, -0.15) is 4.98 Å². The fraction of sp³-hybridized carbons (Fsp3) is 0.0714. The van der Waals surface area contributed by atoms with E-state index in [9.17, 15) is 26.4 Å². The molecule has 0 aliphatic heterocycles. The molecule has 140 valence electrons. The maximum absolute atomic E-state index is 12.8. The van der Waals surface area contributed by atoms with Crippen molar-refractivity contribution in [2.75, 3.05) is 0 Å². The number of hydrogen-bond acceptors (Lipinski definition) is 7. The highest BCUT2D eigenvalue weighted by atomic mass is 32.2. The van der Waals surface area contributed by atoms with Gasteiger partial charge in [-0.05, 0) is 29.6 Å². The summed E-state index contributed by atoms with van der Waals surface area (Å²) in [6, 6.07) is 5.45. The number of nitrogens with zero attached hydrogens (tertiary/aromatic N) is 3. The van der Waals surface area contributed by atoms with Crippen LogP contribution < -0.4 is 10.3 Å². The summed E-state index contributed by atoms with van der Waals surface area (Å²) in [5.74, 6) is -0.700. The summed E-state index contributed by atoms with van der Waals surface area (Å²) >= 11 is 1.13. The zero-order chi connectivity index (χ0) is 19.4. The molecular weight excluding hydrogens is 409 g/mol. The predicted octanol–water partition coefficient (Wildman–Crippen LogP) is 2.36. The first kappa shape index (κ1) is 17.5. The van der Waals surface area contributed by atoms with Crippen molar-refractivity contribution in [3.63, 3.8) is 0 Å². The summed E-state index contributed by atoms with van der Waals surface area (Å²) < 4.78 is 68.1. The van der Waals surface area contributed by atoms with E-state index in [0.29, 0.717) is 10.2 Å². The molecule has 4 aromatic rings. The van der Waals surface area contributed by atoms with Crippen LogP contribution in [0.2, 0.25) is 0 Å². The number of ether oxygens (including phenoxy) is 1. The number of thiophene rings is 1. The Morgan fingerprint density at radius 1 is 1.22 bits per heavy atom. The van der Waals surface area contributed by atoms with Crippen LogP contribution in [0.4, 0.5) is 13.2 Å². The largest absolute Gasteiger partial charge is 0.573 e. The van der Waals surface area contributed by atoms with Gasteiger partial charge in [0.05, 0.1) is 10.4 Å². The normalized spacial score (nSPS) is 12.7. The molecule has 0 radical (unpaired) electrons. The Morgan fingerprint density at radius 3 is 2.74 bits per heavy atom. The molecule has 0 bridgehead atoms. The van der Waals surface area contributed by atoms with E-state index in [2.05, 4.69) is 20.0 Å². The van der Waals surface area contributed by atoms with Gasteiger partial charge in [-0.25, -0.2) is 18.1 Å². The Hall–Kier alpha value is -2.93. The second-order valence-corrected chi connectivity index (χ2v) is 8.04. The van der Waals surface area contributed by atoms with E-state index in [1.165, 1.54) is 4.52 Å². The lowest BCUT2D eigenvalue weighted by molar-refractivity contribution is -0.274. The maximum atomic E-state index is 12.8. The first-order chi connectivity index (χ1) is 12.7. The number of aromatic amines is 1. The van der Waals surface area contributed by atoms with Crippen LogP contribution in [0.3, 0.4) is 0 Å². The number of alkyl halides is 3. The van der Waals surface area contributed by atoms with Crippen LogP contribution in [0.15, 0.2) is 50.4 Å². The van der Waals surface area contributed by atoms with Gasteiger partial charge in [-0.3, -0.25) is 4.79 Å². The van der Waals surface area contributed by atoms with Crippen LogP contribution in [0.5, 0.6) is 5.75 Å². The molecule has 0 saturated carbocycles. The van der Waals surface area contributed by atoms with E-state index in [4.69, 9.17) is 0 Å². The molecule has 0 aliphatic carbocycles. The van der Waals surface area contributed by atoms with Crippen molar-refractivity contribution >= 4 is 37.0 Å². The van der Waals surface area contributed by atoms with Crippen molar-refractivity contribution in [2.24, 2.45) is 0 Å². The highest BCUT2D eigenvalue weighted by molar-refractivity contribution is 7.91. The number of nitrogens with one attached hydrogen (secondary N) is 1. The molecule has 0 fully saturated rings. The zero-order valence-electron chi connectivity index (χ0n) is 12.9. The molecule has 3 aromatic heterocycles. The minimum absolute atomic E-state index is 0.256. The molecule has 8 nitrogen and oxygen atoms in total. The minimum atomic E-state index is -4.97. The molecule has 1 aromatic carbocycles. The molecule has 4 rings (SSSR count). The lowest BCUT2D eigenvalue weighted by Gasteiger charge is -2.09. The summed E-state index contributed by atoms with van der Waals surface area (Å²) in [6.07, 6.45) is -4.97. The molecule has 0 saturated heterocycles. The molecule has 0 aliphatic rings. The van der Waals surface area contributed by atoms with Gasteiger partial charge >= 0.3 is 6.36 Å². The smallest absolute Gasteiger partial charge is 0.406 e. The third-order valence-electron chi connectivity index (χ3n) is 3.55. The van der Waals surface area contributed by atoms with Gasteiger partial charge in [0.1, 0.15) is 10.4 Å². The zero-order valence-corrected chi connectivity index (χ0v) is 14.5. The fourth-order valence-corrected chi connectivity index (χ4v) is 4.52. The van der Waals surface area contributed by atoms with Gasteiger partial charge in [0.15, 0.2) is 5.65 Å². The molecule has 0 spiro atoms. The highest BCUT2D eigenvalue weighted by Crippen LogP contribution is 2.29. The number of hydrogen-bond donors (Lipinski definition) is 1. The standard InChI is InChI=1S/C14H7F3N4O4S2/c15-14(16,17)25-7-2-1-3-8(6-7)27(23,24)13-11-18-12(22)10-9(4-5-26-10)21(11)20-19-13/h1-6,20H. The average Bonchev–Trinajstić information content (AvgIpc) is 3.20. The summed E-state index contributed by atoms with van der Waals surface area (Å²) in [4.78, 5) is 15.3. The quantitative estimate of drug-likeness (QED) is 0.550. The Balaban J connectivity index is 1.89. The number of benzene rings is 1. The van der Waals surface area contributed by atoms with Gasteiger partial charge in [-0.1, -0.05) is 6.07 Å². The summed E-state index contributed by atoms with van der Waals surface area (Å²) in [5.41, 5.74) is -0.502. The van der Waals surface area contributed by atoms with Crippen molar-refractivity contribution in [2.45, 2.75) is 16.3 Å². The predicted molar refractivity (Wildman–Crippen MR) is 87.6 cm³/mol. The number of fused-ring (bicyclic) bond motifs is 3. The van der Waals surface area contributed by atoms with Crippen LogP contribution in [-0.4, -0.2) is 34.6 Å². The average molecular weight is 416 g/mol. The van der Waals surface area contributed by atoms with Crippen LogP contribution in [0.1, 0.15) is 0 Å². The van der Waals surface area contributed by atoms with Gasteiger partial charge in [-0.15, -0.1) is 29.6 Å². The van der Waals surface area contributed by atoms with Crippen molar-refractivity contribution in [3.05, 3.63) is 46.1 Å². The van der Waals surface area contributed by atoms with Crippen molar-refractivity contribution in [1.82, 2.24) is 19.8 Å². The van der Waals surface area contributed by atoms with E-state index in [-0.39, 0.29) is 5.65 Å². The Morgan fingerprint density at radius 2 is 2.00 bits per heavy atom. The lowest BCUT2D eigenvalue weighted by atomic mass is 10.3. The SMILES string of the molecule is O=c1nc2c(S(=O)(=O)c3cccc(OC(F)(F)F)c3)n[nH]n2c2ccsc12. The second-order valence-electron chi connectivity index (χ2n) is 5.25. The number of H-pyrrole nitrogens is 1. The molecule has 0 unspecified atom stereocenters. The molecule has 3 heterocycles. The third-order valence-corrected chi connectivity index (χ3v) is 6.09. The van der Waals surface area contributed by atoms with Crippen LogP contribution in [0, 0.1) is 0 Å². The molecule has 0 amide bonds. The minimum Gasteiger partial charge on any atom is -0.406 e. The molecule has 13 heteroatoms. The van der Waals surface area contributed by atoms with Gasteiger partial charge in [0, 0.05) is 0 Å². The van der Waals surface area contributed by atoms with E-state index in [1.807, 2.05) is 0 Å². The van der Waals surface area contributed by atoms with Gasteiger partial charge in [0.25, 0.3) is 5.56 Å². The first-order valence-electron chi connectivity index (χ1n) is 7.12. The lowest BCUT2D eigenvalue weighted by Crippen LogP contribution is -2.17. The summed E-state index contributed by atoms with van der Waals surface area (Å²) in [6.45, 7) is 0. The summed E-state index contributed by atoms with van der Waals surface area (Å²) in [7, 11) is -4.38. The van der Waals surface area contributed by atoms with Crippen molar-refractivity contribution in [1.29, 1.82) is 0 Å². The van der Waals surface area contributed by atoms with Gasteiger partial charge < -0.3 is 4.74 Å². The Kier molecular flexibility index (Phi) is 3.75. The fourth-order valence-electron chi connectivity index (χ4n) is 2.47. The second kappa shape index (κ2) is 5.79. The van der Waals surface area contributed by atoms with Crippen molar-refractivity contribution < 1.29 is 26.3 Å². The van der Waals surface area contributed by atoms with E-state index >= 15 is 0 Å². The monoisotopic (exact) mass is 416 g/mol. The van der Waals surface area contributed by atoms with E-state index < -0.39 is 37.4 Å². The van der Waals surface area contributed by atoms with Crippen molar-refractivity contribution in [3.8, 4) is 5.75 Å². The van der Waals surface area contributed by atoms with Crippen LogP contribution in [-0.2, 0) is 9.84 Å². The number of sulfone groups is 1. The van der Waals surface area contributed by atoms with Gasteiger partial charge in [0.2, 0.25) is 14.9 Å². The Labute approximate surface area is 151 Å². The molecule has 1 N–H and O–H groups in total. The van der Waals surface area contributed by atoms with Crippen LogP contribution in [0.25, 0.3) is 15.9 Å². The Bertz CT molecular complexity index is 1340. The van der Waals surface area contributed by atoms with Crippen LogP contribution >= 0.6 is 11.3 Å².